The van der Waals surface area contributed by atoms with Crippen molar-refractivity contribution in [1.29, 1.82) is 0 Å². The highest BCUT2D eigenvalue weighted by Crippen LogP contribution is 2.54. The number of para-hydroxylation sites is 1. The summed E-state index contributed by atoms with van der Waals surface area (Å²) in [5.41, 5.74) is 30.7. The van der Waals surface area contributed by atoms with Crippen LogP contribution in [0.25, 0.3) is 106 Å². The van der Waals surface area contributed by atoms with Gasteiger partial charge in [-0.15, -0.1) is 0 Å². The standard InChI is InChI=1S/C99H73BN4/c1-99(2,3)75-63-90-92-91(64-75)104(98-80(69-39-16-6-17-40-69)57-34-58-81(98)70-41-18-7-19-42-70)89-66-77(102-95(73-47-24-10-25-48-73)84-55-32-33-56-85(84)96(102)74-49-26-11-27-50-74)60-62-87(89)100(92)86-61-59-76(101-93(71-43-20-8-21-44-71)82-53-30-31-54-83(82)94(101)72-45-22-9-23-46-72)65-88(86)103(90)97-78(67-35-12-4-13-36-67)51-28-29-52-79(97)68-37-14-5-15-38-68/h4-66,78H,1-3H3. The minimum absolute atomic E-state index is 0.204. The Labute approximate surface area is 609 Å². The molecule has 0 radical (unpaired) electrons. The van der Waals surface area contributed by atoms with Crippen molar-refractivity contribution in [3.8, 4) is 78.7 Å². The largest absolute Gasteiger partial charge is 0.314 e. The van der Waals surface area contributed by atoms with Crippen molar-refractivity contribution in [2.45, 2.75) is 32.1 Å². The van der Waals surface area contributed by atoms with Gasteiger partial charge in [-0.25, -0.2) is 0 Å². The maximum atomic E-state index is 2.74. The number of benzene rings is 14. The molecule has 19 rings (SSSR count). The van der Waals surface area contributed by atoms with Gasteiger partial charge >= 0.3 is 0 Å². The van der Waals surface area contributed by atoms with Crippen LogP contribution in [0.1, 0.15) is 43.4 Å². The van der Waals surface area contributed by atoms with Crippen molar-refractivity contribution in [1.82, 2.24) is 9.13 Å². The summed E-state index contributed by atoms with van der Waals surface area (Å²) in [4.78, 5) is 5.44. The molecule has 0 amide bonds. The number of hydrogen-bond acceptors (Lipinski definition) is 2. The van der Waals surface area contributed by atoms with E-state index in [0.717, 1.165) is 118 Å². The number of hydrogen-bond donors (Lipinski definition) is 0. The summed E-state index contributed by atoms with van der Waals surface area (Å²) in [6.45, 7) is 6.90. The second-order valence-corrected chi connectivity index (χ2v) is 28.6. The lowest BCUT2D eigenvalue weighted by atomic mass is 9.33. The van der Waals surface area contributed by atoms with E-state index in [1.807, 2.05) is 0 Å². The Balaban J connectivity index is 0.994. The topological polar surface area (TPSA) is 16.3 Å². The quantitative estimate of drug-likeness (QED) is 0.113. The Kier molecular flexibility index (Phi) is 15.3. The van der Waals surface area contributed by atoms with Crippen LogP contribution < -0.4 is 26.2 Å². The molecule has 492 valence electrons. The van der Waals surface area contributed by atoms with E-state index >= 15 is 0 Å². The van der Waals surface area contributed by atoms with Crippen molar-refractivity contribution < 1.29 is 0 Å². The van der Waals surface area contributed by atoms with Gasteiger partial charge in [-0.1, -0.05) is 367 Å². The molecule has 0 spiro atoms. The molecule has 4 nitrogen and oxygen atoms in total. The molecule has 0 saturated carbocycles. The third-order valence-electron chi connectivity index (χ3n) is 21.5. The van der Waals surface area contributed by atoms with Crippen molar-refractivity contribution in [3.05, 3.63) is 405 Å². The first-order valence-corrected chi connectivity index (χ1v) is 36.3. The summed E-state index contributed by atoms with van der Waals surface area (Å²) in [5.74, 6) is -0.204. The molecule has 14 aromatic carbocycles. The van der Waals surface area contributed by atoms with Gasteiger partial charge in [0.2, 0.25) is 0 Å². The Morgan fingerprint density at radius 1 is 0.308 bits per heavy atom. The normalized spacial score (nSPS) is 13.8. The van der Waals surface area contributed by atoms with Gasteiger partial charge in [0.1, 0.15) is 0 Å². The maximum absolute atomic E-state index is 2.74. The van der Waals surface area contributed by atoms with Crippen LogP contribution in [0, 0.1) is 0 Å². The van der Waals surface area contributed by atoms with Crippen molar-refractivity contribution in [3.63, 3.8) is 0 Å². The molecular formula is C99H73BN4. The molecule has 3 aliphatic rings. The molecule has 0 N–H and O–H groups in total. The van der Waals surface area contributed by atoms with Gasteiger partial charge in [-0.05, 0) is 108 Å². The molecule has 5 heteroatoms. The molecule has 0 saturated heterocycles. The average molecular weight is 1330 g/mol. The van der Waals surface area contributed by atoms with Gasteiger partial charge < -0.3 is 18.9 Å². The van der Waals surface area contributed by atoms with Gasteiger partial charge in [0.15, 0.2) is 0 Å². The first-order chi connectivity index (χ1) is 51.3. The van der Waals surface area contributed by atoms with Gasteiger partial charge in [0.25, 0.3) is 6.71 Å². The number of allylic oxidation sites excluding steroid dienone is 5. The highest BCUT2D eigenvalue weighted by atomic mass is 15.2. The van der Waals surface area contributed by atoms with E-state index < -0.39 is 0 Å². The first-order valence-electron chi connectivity index (χ1n) is 36.3. The Morgan fingerprint density at radius 2 is 0.663 bits per heavy atom. The highest BCUT2D eigenvalue weighted by Gasteiger charge is 2.47. The highest BCUT2D eigenvalue weighted by molar-refractivity contribution is 7.00. The Hall–Kier alpha value is -13.0. The summed E-state index contributed by atoms with van der Waals surface area (Å²) in [7, 11) is 0. The molecule has 0 bridgehead atoms. The van der Waals surface area contributed by atoms with E-state index in [4.69, 9.17) is 0 Å². The zero-order chi connectivity index (χ0) is 69.4. The van der Waals surface area contributed by atoms with Crippen molar-refractivity contribution >= 4 is 78.7 Å². The monoisotopic (exact) mass is 1330 g/mol. The van der Waals surface area contributed by atoms with E-state index in [1.54, 1.807) is 0 Å². The predicted octanol–water partition coefficient (Wildman–Crippen LogP) is 23.9. The van der Waals surface area contributed by atoms with E-state index in [-0.39, 0.29) is 18.0 Å². The Bertz CT molecular complexity index is 5840. The second kappa shape index (κ2) is 25.6. The van der Waals surface area contributed by atoms with Crippen LogP contribution >= 0.6 is 0 Å². The van der Waals surface area contributed by atoms with E-state index in [0.29, 0.717) is 0 Å². The fraction of sp³-hybridized carbons (Fsp3) is 0.0505. The summed E-state index contributed by atoms with van der Waals surface area (Å²) < 4.78 is 5.13. The summed E-state index contributed by atoms with van der Waals surface area (Å²) >= 11 is 0. The number of rotatable bonds is 12. The third kappa shape index (κ3) is 10.4. The molecule has 2 aliphatic heterocycles. The maximum Gasteiger partial charge on any atom is 0.252 e. The third-order valence-corrected chi connectivity index (χ3v) is 21.5. The molecular weight excluding hydrogens is 1260 g/mol. The SMILES string of the molecule is CC(C)(C)c1cc2c3c(c1)N(c1c(-c4ccccc4)cccc1-c1ccccc1)c1cc(-n4c(-c5ccccc5)c5ccccc5c4-c4ccccc4)ccc1B3c1ccc(-n3c(-c4ccccc4)c4ccccc4c3-c3ccccc3)cc1N2C1=C(c2ccccc2)C=CC=CC1c1ccccc1. The number of anilines is 5. The molecule has 2 aromatic heterocycles. The fourth-order valence-electron chi connectivity index (χ4n) is 16.9. The van der Waals surface area contributed by atoms with Crippen LogP contribution in [0.4, 0.5) is 28.4 Å². The second-order valence-electron chi connectivity index (χ2n) is 28.6. The van der Waals surface area contributed by atoms with Crippen molar-refractivity contribution in [2.24, 2.45) is 0 Å². The summed E-state index contributed by atoms with van der Waals surface area (Å²) in [6.07, 6.45) is 9.31. The van der Waals surface area contributed by atoms with Crippen LogP contribution in [-0.2, 0) is 5.41 Å². The lowest BCUT2D eigenvalue weighted by Gasteiger charge is -2.47. The zero-order valence-corrected chi connectivity index (χ0v) is 58.3. The van der Waals surface area contributed by atoms with Crippen molar-refractivity contribution in [2.75, 3.05) is 9.80 Å². The van der Waals surface area contributed by atoms with Crippen LogP contribution in [0.5, 0.6) is 0 Å². The van der Waals surface area contributed by atoms with Crippen LogP contribution in [-0.4, -0.2) is 15.8 Å². The van der Waals surface area contributed by atoms with E-state index in [2.05, 4.69) is 422 Å². The van der Waals surface area contributed by atoms with Gasteiger partial charge in [0.05, 0.1) is 28.5 Å². The fourth-order valence-corrected chi connectivity index (χ4v) is 16.9. The smallest absolute Gasteiger partial charge is 0.252 e. The molecule has 104 heavy (non-hydrogen) atoms. The van der Waals surface area contributed by atoms with E-state index in [9.17, 15) is 0 Å². The summed E-state index contributed by atoms with van der Waals surface area (Å²) in [5, 5.41) is 4.77. The predicted molar refractivity (Wildman–Crippen MR) is 440 cm³/mol. The number of nitrogens with zero attached hydrogens (tertiary/aromatic N) is 4. The van der Waals surface area contributed by atoms with Gasteiger partial charge in [-0.3, -0.25) is 0 Å². The molecule has 0 fully saturated rings. The lowest BCUT2D eigenvalue weighted by molar-refractivity contribution is 0.590. The van der Waals surface area contributed by atoms with Crippen LogP contribution in [0.2, 0.25) is 0 Å². The zero-order valence-electron chi connectivity index (χ0n) is 58.3. The van der Waals surface area contributed by atoms with Crippen LogP contribution in [0.3, 0.4) is 0 Å². The number of aromatic nitrogens is 2. The van der Waals surface area contributed by atoms with Gasteiger partial charge in [0, 0.05) is 84.0 Å². The average Bonchev–Trinajstić information content (AvgIpc) is 0.708. The number of fused-ring (bicyclic) bond motifs is 6. The lowest BCUT2D eigenvalue weighted by Crippen LogP contribution is -2.62. The molecule has 4 heterocycles. The summed E-state index contributed by atoms with van der Waals surface area (Å²) in [6, 6.07) is 134. The first kappa shape index (κ1) is 62.1. The Morgan fingerprint density at radius 3 is 1.07 bits per heavy atom. The molecule has 1 atom stereocenters. The minimum Gasteiger partial charge on any atom is -0.314 e. The molecule has 1 unspecified atom stereocenters. The van der Waals surface area contributed by atoms with Crippen LogP contribution in [0.15, 0.2) is 388 Å². The van der Waals surface area contributed by atoms with Gasteiger partial charge in [-0.2, -0.15) is 0 Å². The molecule has 1 aliphatic carbocycles. The van der Waals surface area contributed by atoms with E-state index in [1.165, 1.54) is 54.8 Å². The molecule has 16 aromatic rings. The minimum atomic E-state index is -0.344.